The largest absolute Gasteiger partial charge is 0.493 e. The Labute approximate surface area is 121 Å². The van der Waals surface area contributed by atoms with Gasteiger partial charge < -0.3 is 14.8 Å². The Morgan fingerprint density at radius 1 is 1.33 bits per heavy atom. The van der Waals surface area contributed by atoms with E-state index in [0.717, 1.165) is 0 Å². The molecule has 0 radical (unpaired) electrons. The Balaban J connectivity index is 2.14. The second-order valence-electron chi connectivity index (χ2n) is 4.08. The highest BCUT2D eigenvalue weighted by Gasteiger charge is 2.12. The summed E-state index contributed by atoms with van der Waals surface area (Å²) in [4.78, 5) is 12.1. The summed E-state index contributed by atoms with van der Waals surface area (Å²) in [5.41, 5.74) is 0.419. The number of nitrogens with zero attached hydrogens (tertiary/aromatic N) is 3. The van der Waals surface area contributed by atoms with Gasteiger partial charge in [-0.3, -0.25) is 9.48 Å². The fourth-order valence-electron chi connectivity index (χ4n) is 1.75. The van der Waals surface area contributed by atoms with E-state index >= 15 is 0 Å². The summed E-state index contributed by atoms with van der Waals surface area (Å²) >= 11 is 0. The third kappa shape index (κ3) is 3.30. The van der Waals surface area contributed by atoms with Crippen LogP contribution in [0.4, 0.5) is 5.82 Å². The molecule has 1 aromatic heterocycles. The first kappa shape index (κ1) is 14.4. The van der Waals surface area contributed by atoms with Crippen molar-refractivity contribution < 1.29 is 14.3 Å². The van der Waals surface area contributed by atoms with Gasteiger partial charge in [0.2, 0.25) is 0 Å². The number of amides is 1. The highest BCUT2D eigenvalue weighted by molar-refractivity contribution is 6.04. The molecule has 0 spiro atoms. The van der Waals surface area contributed by atoms with Gasteiger partial charge in [0.1, 0.15) is 6.54 Å². The number of nitriles is 1. The Kier molecular flexibility index (Phi) is 4.41. The molecule has 21 heavy (non-hydrogen) atoms. The number of nitrogens with one attached hydrogen (secondary N) is 1. The first-order chi connectivity index (χ1) is 10.2. The van der Waals surface area contributed by atoms with Crippen molar-refractivity contribution in [3.05, 3.63) is 36.0 Å². The standard InChI is InChI=1S/C14H14N4O3/c1-20-11-4-3-10(9-12(11)21-2)14(19)16-13-5-7-18(17-13)8-6-15/h3-5,7,9H,8H2,1-2H3,(H,16,17,19). The Bertz CT molecular complexity index is 688. The zero-order valence-corrected chi connectivity index (χ0v) is 11.7. The maximum Gasteiger partial charge on any atom is 0.257 e. The molecule has 108 valence electrons. The molecule has 1 N–H and O–H groups in total. The number of carbonyl (C=O) groups is 1. The topological polar surface area (TPSA) is 89.2 Å². The third-order valence-electron chi connectivity index (χ3n) is 2.76. The van der Waals surface area contributed by atoms with Crippen LogP contribution in [0.15, 0.2) is 30.5 Å². The Morgan fingerprint density at radius 3 is 2.76 bits per heavy atom. The minimum Gasteiger partial charge on any atom is -0.493 e. The highest BCUT2D eigenvalue weighted by Crippen LogP contribution is 2.27. The van der Waals surface area contributed by atoms with Crippen LogP contribution in [-0.4, -0.2) is 29.9 Å². The van der Waals surface area contributed by atoms with Crippen LogP contribution in [-0.2, 0) is 6.54 Å². The van der Waals surface area contributed by atoms with E-state index in [-0.39, 0.29) is 12.5 Å². The van der Waals surface area contributed by atoms with Crippen LogP contribution >= 0.6 is 0 Å². The van der Waals surface area contributed by atoms with Crippen molar-refractivity contribution >= 4 is 11.7 Å². The monoisotopic (exact) mass is 286 g/mol. The van der Waals surface area contributed by atoms with Crippen LogP contribution in [0.3, 0.4) is 0 Å². The van der Waals surface area contributed by atoms with Gasteiger partial charge in [-0.15, -0.1) is 0 Å². The molecule has 0 unspecified atom stereocenters. The molecule has 7 heteroatoms. The fourth-order valence-corrected chi connectivity index (χ4v) is 1.75. The number of carbonyl (C=O) groups excluding carboxylic acids is 1. The van der Waals surface area contributed by atoms with E-state index < -0.39 is 0 Å². The van der Waals surface area contributed by atoms with Gasteiger partial charge >= 0.3 is 0 Å². The lowest BCUT2D eigenvalue weighted by Crippen LogP contribution is -2.13. The first-order valence-electron chi connectivity index (χ1n) is 6.11. The van der Waals surface area contributed by atoms with Gasteiger partial charge in [0.25, 0.3) is 5.91 Å². The number of methoxy groups -OCH3 is 2. The van der Waals surface area contributed by atoms with E-state index in [1.54, 1.807) is 30.5 Å². The third-order valence-corrected chi connectivity index (χ3v) is 2.76. The molecule has 0 saturated heterocycles. The van der Waals surface area contributed by atoms with Crippen LogP contribution in [0, 0.1) is 11.3 Å². The summed E-state index contributed by atoms with van der Waals surface area (Å²) < 4.78 is 11.7. The lowest BCUT2D eigenvalue weighted by atomic mass is 10.2. The van der Waals surface area contributed by atoms with Crippen LogP contribution < -0.4 is 14.8 Å². The van der Waals surface area contributed by atoms with Crippen LogP contribution in [0.25, 0.3) is 0 Å². The normalized spacial score (nSPS) is 9.76. The second-order valence-corrected chi connectivity index (χ2v) is 4.08. The molecule has 1 heterocycles. The van der Waals surface area contributed by atoms with Gasteiger partial charge in [-0.2, -0.15) is 10.4 Å². The predicted octanol–water partition coefficient (Wildman–Crippen LogP) is 1.68. The van der Waals surface area contributed by atoms with Gasteiger partial charge in [-0.05, 0) is 18.2 Å². The number of rotatable bonds is 5. The van der Waals surface area contributed by atoms with Crippen molar-refractivity contribution in [3.8, 4) is 17.6 Å². The van der Waals surface area contributed by atoms with Gasteiger partial charge in [0, 0.05) is 17.8 Å². The molecular formula is C14H14N4O3. The molecule has 0 saturated carbocycles. The van der Waals surface area contributed by atoms with Crippen molar-refractivity contribution in [3.63, 3.8) is 0 Å². The van der Waals surface area contributed by atoms with Crippen LogP contribution in [0.2, 0.25) is 0 Å². The number of ether oxygens (including phenoxy) is 2. The maximum atomic E-state index is 12.1. The molecule has 7 nitrogen and oxygen atoms in total. The predicted molar refractivity (Wildman–Crippen MR) is 75.3 cm³/mol. The van der Waals surface area contributed by atoms with Gasteiger partial charge in [0.15, 0.2) is 17.3 Å². The van der Waals surface area contributed by atoms with Crippen molar-refractivity contribution in [2.45, 2.75) is 6.54 Å². The van der Waals surface area contributed by atoms with Crippen LogP contribution in [0.5, 0.6) is 11.5 Å². The van der Waals surface area contributed by atoms with E-state index in [0.29, 0.717) is 22.9 Å². The number of hydrogen-bond donors (Lipinski definition) is 1. The Morgan fingerprint density at radius 2 is 2.10 bits per heavy atom. The number of anilines is 1. The van der Waals surface area contributed by atoms with Crippen molar-refractivity contribution in [1.82, 2.24) is 9.78 Å². The number of aromatic nitrogens is 2. The molecule has 0 aliphatic rings. The quantitative estimate of drug-likeness (QED) is 0.903. The maximum absolute atomic E-state index is 12.1. The van der Waals surface area contributed by atoms with E-state index in [1.807, 2.05) is 6.07 Å². The summed E-state index contributed by atoms with van der Waals surface area (Å²) in [5, 5.41) is 15.3. The molecule has 1 aromatic carbocycles. The van der Waals surface area contributed by atoms with E-state index in [9.17, 15) is 4.79 Å². The molecule has 2 aromatic rings. The van der Waals surface area contributed by atoms with Crippen molar-refractivity contribution in [2.75, 3.05) is 19.5 Å². The summed E-state index contributed by atoms with van der Waals surface area (Å²) in [5.74, 6) is 1.08. The minimum absolute atomic E-state index is 0.131. The summed E-state index contributed by atoms with van der Waals surface area (Å²) in [6.07, 6.45) is 1.62. The highest BCUT2D eigenvalue weighted by atomic mass is 16.5. The van der Waals surface area contributed by atoms with Gasteiger partial charge in [-0.25, -0.2) is 0 Å². The van der Waals surface area contributed by atoms with Crippen molar-refractivity contribution in [1.29, 1.82) is 5.26 Å². The molecular weight excluding hydrogens is 272 g/mol. The average molecular weight is 286 g/mol. The van der Waals surface area contributed by atoms with Crippen molar-refractivity contribution in [2.24, 2.45) is 0 Å². The number of hydrogen-bond acceptors (Lipinski definition) is 5. The molecule has 0 bridgehead atoms. The zero-order chi connectivity index (χ0) is 15.2. The lowest BCUT2D eigenvalue weighted by molar-refractivity contribution is 0.102. The molecule has 0 aliphatic heterocycles. The molecule has 0 fully saturated rings. The SMILES string of the molecule is COc1ccc(C(=O)Nc2ccn(CC#N)n2)cc1OC. The van der Waals surface area contributed by atoms with E-state index in [2.05, 4.69) is 10.4 Å². The lowest BCUT2D eigenvalue weighted by Gasteiger charge is -2.09. The smallest absolute Gasteiger partial charge is 0.257 e. The molecule has 0 atom stereocenters. The number of benzene rings is 1. The molecule has 0 aliphatic carbocycles. The molecule has 1 amide bonds. The first-order valence-corrected chi connectivity index (χ1v) is 6.11. The second kappa shape index (κ2) is 6.43. The van der Waals surface area contributed by atoms with E-state index in [1.165, 1.54) is 18.9 Å². The van der Waals surface area contributed by atoms with Crippen LogP contribution in [0.1, 0.15) is 10.4 Å². The fraction of sp³-hybridized carbons (Fsp3) is 0.214. The van der Waals surface area contributed by atoms with E-state index in [4.69, 9.17) is 14.7 Å². The average Bonchev–Trinajstić information content (AvgIpc) is 2.94. The Hall–Kier alpha value is -3.01. The van der Waals surface area contributed by atoms with Gasteiger partial charge in [-0.1, -0.05) is 0 Å². The van der Waals surface area contributed by atoms with Gasteiger partial charge in [0.05, 0.1) is 20.3 Å². The zero-order valence-electron chi connectivity index (χ0n) is 11.7. The summed E-state index contributed by atoms with van der Waals surface area (Å²) in [7, 11) is 3.03. The minimum atomic E-state index is -0.321. The molecule has 2 rings (SSSR count). The summed E-state index contributed by atoms with van der Waals surface area (Å²) in [6, 6.07) is 8.45. The summed E-state index contributed by atoms with van der Waals surface area (Å²) in [6.45, 7) is 0.131.